The maximum Gasteiger partial charge on any atom is 0.150 e. The van der Waals surface area contributed by atoms with Crippen molar-refractivity contribution >= 4 is 38.6 Å². The van der Waals surface area contributed by atoms with Crippen molar-refractivity contribution in [1.29, 1.82) is 0 Å². The first-order valence-electron chi connectivity index (χ1n) is 19.3. The predicted octanol–water partition coefficient (Wildman–Crippen LogP) is 14.9. The molecule has 56 heavy (non-hydrogen) atoms. The van der Waals surface area contributed by atoms with Crippen molar-refractivity contribution in [2.45, 2.75) is 89.0 Å². The lowest BCUT2D eigenvalue weighted by molar-refractivity contribution is 0.552. The lowest BCUT2D eigenvalue weighted by atomic mass is 9.74. The average Bonchev–Trinajstić information content (AvgIpc) is 3.15. The van der Waals surface area contributed by atoms with Crippen molar-refractivity contribution in [3.05, 3.63) is 180 Å². The number of anilines is 3. The molecule has 0 saturated carbocycles. The SMILES string of the molecule is Cc1ccc2c(N(c3c(F)cccc3F)c3c(C)c(C)c(C)c(C)c3C)c3cc(C)ccc3c(C(c3c(F)cccc3F)c3c(C)c(C)c(C)c(C)c3C)c2c1. The lowest BCUT2D eigenvalue weighted by Crippen LogP contribution is -2.20. The summed E-state index contributed by atoms with van der Waals surface area (Å²) >= 11 is 0. The van der Waals surface area contributed by atoms with Gasteiger partial charge in [0, 0.05) is 22.3 Å². The third kappa shape index (κ3) is 5.90. The number of halogens is 4. The third-order valence-electron chi connectivity index (χ3n) is 12.9. The molecule has 0 heterocycles. The van der Waals surface area contributed by atoms with Crippen molar-refractivity contribution in [2.24, 2.45) is 0 Å². The molecule has 1 nitrogen and oxygen atoms in total. The first-order valence-corrected chi connectivity index (χ1v) is 19.3. The largest absolute Gasteiger partial charge is 0.303 e. The number of aryl methyl sites for hydroxylation is 2. The van der Waals surface area contributed by atoms with Crippen molar-refractivity contribution in [1.82, 2.24) is 0 Å². The molecule has 5 heteroatoms. The molecule has 0 fully saturated rings. The molecule has 0 aromatic heterocycles. The molecular weight excluding hydrogens is 703 g/mol. The van der Waals surface area contributed by atoms with E-state index in [0.29, 0.717) is 22.1 Å². The summed E-state index contributed by atoms with van der Waals surface area (Å²) < 4.78 is 66.2. The molecule has 0 bridgehead atoms. The highest BCUT2D eigenvalue weighted by atomic mass is 19.1. The fraction of sp³-hybridized carbons (Fsp3) is 0.255. The van der Waals surface area contributed by atoms with Crippen LogP contribution >= 0.6 is 0 Å². The van der Waals surface area contributed by atoms with Crippen LogP contribution in [0.2, 0.25) is 0 Å². The molecule has 1 atom stereocenters. The highest BCUT2D eigenvalue weighted by molar-refractivity contribution is 6.17. The van der Waals surface area contributed by atoms with Crippen LogP contribution in [0, 0.1) is 106 Å². The van der Waals surface area contributed by atoms with E-state index in [2.05, 4.69) is 33.8 Å². The first-order chi connectivity index (χ1) is 26.5. The second-order valence-corrected chi connectivity index (χ2v) is 15.8. The molecule has 0 aliphatic heterocycles. The topological polar surface area (TPSA) is 3.24 Å². The summed E-state index contributed by atoms with van der Waals surface area (Å²) in [5.41, 5.74) is 14.7. The van der Waals surface area contributed by atoms with Crippen LogP contribution in [0.1, 0.15) is 89.4 Å². The summed E-state index contributed by atoms with van der Waals surface area (Å²) in [6.45, 7) is 24.5. The number of fused-ring (bicyclic) bond motifs is 2. The van der Waals surface area contributed by atoms with Gasteiger partial charge in [0.1, 0.15) is 29.0 Å². The summed E-state index contributed by atoms with van der Waals surface area (Å²) in [5.74, 6) is -3.55. The molecule has 0 spiro atoms. The molecule has 286 valence electrons. The maximum atomic E-state index is 16.6. The minimum atomic E-state index is -0.872. The standard InChI is InChI=1S/C51H49F4N/c1-25-20-22-38-39(23-25)46(48(47-41(52)15-13-16-42(47)53)45-33(9)29(5)27(3)30(6)34(45)10)37-21-19-26(2)24-40(37)50(38)56(51-43(54)17-14-18-44(51)55)49-35(11)31(7)28(4)32(8)36(49)12/h13-24,48H,1-12H3. The Morgan fingerprint density at radius 2 is 0.750 bits per heavy atom. The highest BCUT2D eigenvalue weighted by Gasteiger charge is 2.35. The van der Waals surface area contributed by atoms with Gasteiger partial charge < -0.3 is 4.90 Å². The van der Waals surface area contributed by atoms with Crippen molar-refractivity contribution in [2.75, 3.05) is 4.90 Å². The zero-order valence-electron chi connectivity index (χ0n) is 34.5. The van der Waals surface area contributed by atoms with Gasteiger partial charge in [0.15, 0.2) is 0 Å². The van der Waals surface area contributed by atoms with Gasteiger partial charge in [-0.15, -0.1) is 0 Å². The molecule has 0 N–H and O–H groups in total. The molecule has 7 aromatic carbocycles. The van der Waals surface area contributed by atoms with E-state index in [9.17, 15) is 0 Å². The molecule has 0 radical (unpaired) electrons. The van der Waals surface area contributed by atoms with Crippen molar-refractivity contribution < 1.29 is 17.6 Å². The number of benzene rings is 7. The summed E-state index contributed by atoms with van der Waals surface area (Å²) in [6, 6.07) is 20.1. The van der Waals surface area contributed by atoms with E-state index < -0.39 is 29.2 Å². The summed E-state index contributed by atoms with van der Waals surface area (Å²) in [4.78, 5) is 1.77. The zero-order valence-corrected chi connectivity index (χ0v) is 34.5. The Hall–Kier alpha value is -5.42. The number of hydrogen-bond donors (Lipinski definition) is 0. The van der Waals surface area contributed by atoms with Crippen LogP contribution in [0.4, 0.5) is 34.6 Å². The smallest absolute Gasteiger partial charge is 0.150 e. The third-order valence-corrected chi connectivity index (χ3v) is 12.9. The van der Waals surface area contributed by atoms with E-state index in [0.717, 1.165) is 88.7 Å². The summed E-state index contributed by atoms with van der Waals surface area (Å²) in [6.07, 6.45) is 0. The number of nitrogens with zero attached hydrogens (tertiary/aromatic N) is 1. The number of hydrogen-bond acceptors (Lipinski definition) is 1. The normalized spacial score (nSPS) is 12.2. The summed E-state index contributed by atoms with van der Waals surface area (Å²) in [7, 11) is 0. The van der Waals surface area contributed by atoms with Crippen molar-refractivity contribution in [3.63, 3.8) is 0 Å². The monoisotopic (exact) mass is 751 g/mol. The van der Waals surface area contributed by atoms with Crippen molar-refractivity contribution in [3.8, 4) is 0 Å². The Morgan fingerprint density at radius 1 is 0.339 bits per heavy atom. The quantitative estimate of drug-likeness (QED) is 0.0929. The van der Waals surface area contributed by atoms with Crippen LogP contribution in [0.15, 0.2) is 72.8 Å². The van der Waals surface area contributed by atoms with Gasteiger partial charge in [-0.25, -0.2) is 17.6 Å². The molecule has 0 saturated heterocycles. The molecule has 7 rings (SSSR count). The van der Waals surface area contributed by atoms with Crippen LogP contribution in [0.5, 0.6) is 0 Å². The fourth-order valence-corrected chi connectivity index (χ4v) is 9.05. The number of rotatable bonds is 6. The molecule has 1 unspecified atom stereocenters. The van der Waals surface area contributed by atoms with Gasteiger partial charge in [0.2, 0.25) is 0 Å². The maximum absolute atomic E-state index is 16.6. The summed E-state index contributed by atoms with van der Waals surface area (Å²) in [5, 5.41) is 2.91. The molecule has 0 aliphatic rings. The van der Waals surface area contributed by atoms with Gasteiger partial charge in [-0.05, 0) is 191 Å². The Bertz CT molecular complexity index is 2490. The van der Waals surface area contributed by atoms with E-state index in [1.165, 1.54) is 36.4 Å². The zero-order chi connectivity index (χ0) is 40.7. The lowest BCUT2D eigenvalue weighted by Gasteiger charge is -2.35. The van der Waals surface area contributed by atoms with Crippen LogP contribution in [-0.4, -0.2) is 0 Å². The van der Waals surface area contributed by atoms with Crippen LogP contribution in [0.3, 0.4) is 0 Å². The predicted molar refractivity (Wildman–Crippen MR) is 227 cm³/mol. The minimum absolute atomic E-state index is 0.0349. The molecule has 7 aromatic rings. The van der Waals surface area contributed by atoms with Gasteiger partial charge in [0.05, 0.1) is 11.4 Å². The first kappa shape index (κ1) is 38.8. The Kier molecular flexibility index (Phi) is 9.89. The second kappa shape index (κ2) is 14.3. The van der Waals surface area contributed by atoms with Gasteiger partial charge >= 0.3 is 0 Å². The Morgan fingerprint density at radius 3 is 1.25 bits per heavy atom. The minimum Gasteiger partial charge on any atom is -0.303 e. The molecule has 0 amide bonds. The van der Waals surface area contributed by atoms with E-state index in [1.807, 2.05) is 85.7 Å². The van der Waals surface area contributed by atoms with Crippen LogP contribution in [-0.2, 0) is 0 Å². The second-order valence-electron chi connectivity index (χ2n) is 15.8. The molecule has 0 aliphatic carbocycles. The van der Waals surface area contributed by atoms with Crippen LogP contribution < -0.4 is 4.90 Å². The van der Waals surface area contributed by atoms with Gasteiger partial charge in [0.25, 0.3) is 0 Å². The Labute approximate surface area is 328 Å². The van der Waals surface area contributed by atoms with Crippen LogP contribution in [0.25, 0.3) is 21.5 Å². The Balaban J connectivity index is 1.79. The van der Waals surface area contributed by atoms with E-state index in [4.69, 9.17) is 0 Å². The van der Waals surface area contributed by atoms with Gasteiger partial charge in [-0.1, -0.05) is 53.6 Å². The van der Waals surface area contributed by atoms with E-state index >= 15 is 17.6 Å². The fourth-order valence-electron chi connectivity index (χ4n) is 9.05. The number of para-hydroxylation sites is 1. The molecular formula is C51H49F4N. The average molecular weight is 752 g/mol. The van der Waals surface area contributed by atoms with E-state index in [-0.39, 0.29) is 11.3 Å². The highest BCUT2D eigenvalue weighted by Crippen LogP contribution is 2.53. The van der Waals surface area contributed by atoms with E-state index in [1.54, 1.807) is 4.90 Å². The van der Waals surface area contributed by atoms with Gasteiger partial charge in [-0.3, -0.25) is 0 Å². The van der Waals surface area contributed by atoms with Gasteiger partial charge in [-0.2, -0.15) is 0 Å².